The molecule has 6 heteroatoms. The van der Waals surface area contributed by atoms with Gasteiger partial charge in [0, 0.05) is 17.6 Å². The normalized spacial score (nSPS) is 11.9. The number of halogens is 1. The SMILES string of the molecule is CCc1ccc2[nH]c(=O)c(CN(Cc3ccc(F)cc3)C(=S)N[C@H](C)c3ccccc3)cc2c1. The number of hydrogen-bond acceptors (Lipinski definition) is 2. The van der Waals surface area contributed by atoms with Gasteiger partial charge < -0.3 is 15.2 Å². The van der Waals surface area contributed by atoms with Gasteiger partial charge in [-0.1, -0.05) is 55.5 Å². The molecule has 0 amide bonds. The number of H-pyrrole nitrogens is 1. The van der Waals surface area contributed by atoms with Crippen LogP contribution in [0.3, 0.4) is 0 Å². The maximum absolute atomic E-state index is 13.5. The summed E-state index contributed by atoms with van der Waals surface area (Å²) in [5.74, 6) is -0.286. The molecular weight excluding hydrogens is 445 g/mol. The van der Waals surface area contributed by atoms with E-state index in [1.54, 1.807) is 12.1 Å². The standard InChI is InChI=1S/C28H28FN3OS/c1-3-20-11-14-26-23(15-20)16-24(27(33)31-26)18-32(17-21-9-12-25(29)13-10-21)28(34)30-19(2)22-7-5-4-6-8-22/h4-16,19H,3,17-18H2,1-2H3,(H,30,34)(H,31,33)/t19-/m1/s1. The van der Waals surface area contributed by atoms with E-state index in [0.29, 0.717) is 23.8 Å². The molecule has 34 heavy (non-hydrogen) atoms. The van der Waals surface area contributed by atoms with E-state index >= 15 is 0 Å². The molecule has 3 aromatic carbocycles. The Morgan fingerprint density at radius 2 is 1.71 bits per heavy atom. The lowest BCUT2D eigenvalue weighted by atomic mass is 10.1. The zero-order valence-corrected chi connectivity index (χ0v) is 20.2. The quantitative estimate of drug-likeness (QED) is 0.330. The minimum absolute atomic E-state index is 0.00795. The smallest absolute Gasteiger partial charge is 0.253 e. The van der Waals surface area contributed by atoms with Crippen molar-refractivity contribution in [2.24, 2.45) is 0 Å². The summed E-state index contributed by atoms with van der Waals surface area (Å²) in [6, 6.07) is 24.4. The third-order valence-corrected chi connectivity index (χ3v) is 6.34. The fourth-order valence-corrected chi connectivity index (χ4v) is 4.26. The average molecular weight is 474 g/mol. The highest BCUT2D eigenvalue weighted by Gasteiger charge is 2.17. The Morgan fingerprint density at radius 3 is 2.41 bits per heavy atom. The van der Waals surface area contributed by atoms with E-state index in [2.05, 4.69) is 23.3 Å². The van der Waals surface area contributed by atoms with E-state index in [-0.39, 0.29) is 17.4 Å². The molecule has 4 rings (SSSR count). The molecule has 0 saturated carbocycles. The van der Waals surface area contributed by atoms with Crippen molar-refractivity contribution >= 4 is 28.2 Å². The van der Waals surface area contributed by atoms with Gasteiger partial charge >= 0.3 is 0 Å². The van der Waals surface area contributed by atoms with Crippen LogP contribution in [0.15, 0.2) is 83.7 Å². The largest absolute Gasteiger partial charge is 0.356 e. The monoisotopic (exact) mass is 473 g/mol. The highest BCUT2D eigenvalue weighted by molar-refractivity contribution is 7.80. The lowest BCUT2D eigenvalue weighted by Gasteiger charge is -2.28. The molecule has 174 valence electrons. The molecule has 0 spiro atoms. The molecule has 1 heterocycles. The van der Waals surface area contributed by atoms with Gasteiger partial charge in [0.15, 0.2) is 5.11 Å². The Labute approximate surface area is 204 Å². The Morgan fingerprint density at radius 1 is 1.00 bits per heavy atom. The van der Waals surface area contributed by atoms with Crippen molar-refractivity contribution < 1.29 is 4.39 Å². The van der Waals surface area contributed by atoms with Crippen molar-refractivity contribution in [2.75, 3.05) is 0 Å². The van der Waals surface area contributed by atoms with Crippen molar-refractivity contribution in [3.63, 3.8) is 0 Å². The molecular formula is C28H28FN3OS. The lowest BCUT2D eigenvalue weighted by Crippen LogP contribution is -2.41. The van der Waals surface area contributed by atoms with E-state index in [1.807, 2.05) is 60.4 Å². The van der Waals surface area contributed by atoms with Crippen molar-refractivity contribution in [2.45, 2.75) is 39.4 Å². The van der Waals surface area contributed by atoms with Crippen LogP contribution in [0.5, 0.6) is 0 Å². The summed E-state index contributed by atoms with van der Waals surface area (Å²) in [4.78, 5) is 17.8. The molecule has 4 nitrogen and oxygen atoms in total. The number of hydrogen-bond donors (Lipinski definition) is 2. The number of nitrogens with zero attached hydrogens (tertiary/aromatic N) is 1. The van der Waals surface area contributed by atoms with Crippen LogP contribution in [0.25, 0.3) is 10.9 Å². The molecule has 4 aromatic rings. The fourth-order valence-electron chi connectivity index (χ4n) is 3.96. The molecule has 1 atom stereocenters. The van der Waals surface area contributed by atoms with Crippen LogP contribution in [0.4, 0.5) is 4.39 Å². The highest BCUT2D eigenvalue weighted by atomic mass is 32.1. The summed E-state index contributed by atoms with van der Waals surface area (Å²) >= 11 is 5.78. The Kier molecular flexibility index (Phi) is 7.38. The topological polar surface area (TPSA) is 48.1 Å². The Bertz CT molecular complexity index is 1340. The summed E-state index contributed by atoms with van der Waals surface area (Å²) in [7, 11) is 0. The van der Waals surface area contributed by atoms with Crippen LogP contribution >= 0.6 is 12.2 Å². The molecule has 1 aromatic heterocycles. The highest BCUT2D eigenvalue weighted by Crippen LogP contribution is 2.18. The molecule has 2 N–H and O–H groups in total. The zero-order valence-electron chi connectivity index (χ0n) is 19.3. The number of thiocarbonyl (C=S) groups is 1. The van der Waals surface area contributed by atoms with Crippen molar-refractivity contribution in [3.8, 4) is 0 Å². The molecule has 0 aliphatic carbocycles. The first-order valence-electron chi connectivity index (χ1n) is 11.4. The summed E-state index contributed by atoms with van der Waals surface area (Å²) < 4.78 is 13.5. The maximum atomic E-state index is 13.5. The molecule has 0 saturated heterocycles. The molecule has 0 fully saturated rings. The number of aromatic amines is 1. The summed E-state index contributed by atoms with van der Waals surface area (Å²) in [6.45, 7) is 4.93. The second-order valence-electron chi connectivity index (χ2n) is 8.46. The third kappa shape index (κ3) is 5.69. The predicted octanol–water partition coefficient (Wildman–Crippen LogP) is 5.87. The molecule has 0 aliphatic heterocycles. The van der Waals surface area contributed by atoms with Crippen LogP contribution in [0, 0.1) is 5.82 Å². The molecule has 0 bridgehead atoms. The van der Waals surface area contributed by atoms with E-state index in [0.717, 1.165) is 28.5 Å². The molecule has 0 aliphatic rings. The van der Waals surface area contributed by atoms with Crippen molar-refractivity contribution in [3.05, 3.63) is 117 Å². The van der Waals surface area contributed by atoms with Gasteiger partial charge in [0.25, 0.3) is 5.56 Å². The Hall–Kier alpha value is -3.51. The minimum atomic E-state index is -0.286. The number of fused-ring (bicyclic) bond motifs is 1. The van der Waals surface area contributed by atoms with Crippen LogP contribution in [-0.2, 0) is 19.5 Å². The van der Waals surface area contributed by atoms with Crippen LogP contribution < -0.4 is 10.9 Å². The second kappa shape index (κ2) is 10.6. The van der Waals surface area contributed by atoms with Gasteiger partial charge in [-0.15, -0.1) is 0 Å². The van der Waals surface area contributed by atoms with Gasteiger partial charge in [-0.3, -0.25) is 4.79 Å². The first kappa shape index (κ1) is 23.6. The number of aryl methyl sites for hydroxylation is 1. The van der Waals surface area contributed by atoms with Crippen LogP contribution in [0.2, 0.25) is 0 Å². The average Bonchev–Trinajstić information content (AvgIpc) is 2.85. The molecule has 0 unspecified atom stereocenters. The second-order valence-corrected chi connectivity index (χ2v) is 8.85. The minimum Gasteiger partial charge on any atom is -0.356 e. The first-order valence-corrected chi connectivity index (χ1v) is 11.8. The number of benzene rings is 3. The fraction of sp³-hybridized carbons (Fsp3) is 0.214. The van der Waals surface area contributed by atoms with E-state index in [4.69, 9.17) is 12.2 Å². The number of aromatic nitrogens is 1. The predicted molar refractivity (Wildman–Crippen MR) is 140 cm³/mol. The van der Waals surface area contributed by atoms with Gasteiger partial charge in [0.2, 0.25) is 0 Å². The van der Waals surface area contributed by atoms with Gasteiger partial charge in [-0.2, -0.15) is 0 Å². The summed E-state index contributed by atoms with van der Waals surface area (Å²) in [5, 5.41) is 4.92. The summed E-state index contributed by atoms with van der Waals surface area (Å²) in [5.41, 5.74) is 4.53. The van der Waals surface area contributed by atoms with E-state index in [1.165, 1.54) is 17.7 Å². The van der Waals surface area contributed by atoms with Gasteiger partial charge in [0.1, 0.15) is 5.82 Å². The number of pyridine rings is 1. The first-order chi connectivity index (χ1) is 16.4. The lowest BCUT2D eigenvalue weighted by molar-refractivity contribution is 0.392. The van der Waals surface area contributed by atoms with Crippen molar-refractivity contribution in [1.82, 2.24) is 15.2 Å². The number of rotatable bonds is 7. The van der Waals surface area contributed by atoms with Gasteiger partial charge in [0.05, 0.1) is 12.6 Å². The Balaban J connectivity index is 1.63. The number of nitrogens with one attached hydrogen (secondary N) is 2. The van der Waals surface area contributed by atoms with Gasteiger partial charge in [-0.25, -0.2) is 4.39 Å². The zero-order chi connectivity index (χ0) is 24.1. The summed E-state index contributed by atoms with van der Waals surface area (Å²) in [6.07, 6.45) is 0.923. The molecule has 0 radical (unpaired) electrons. The van der Waals surface area contributed by atoms with E-state index in [9.17, 15) is 9.18 Å². The van der Waals surface area contributed by atoms with Crippen molar-refractivity contribution in [1.29, 1.82) is 0 Å². The van der Waals surface area contributed by atoms with Gasteiger partial charge in [-0.05, 0) is 78.0 Å². The van der Waals surface area contributed by atoms with E-state index < -0.39 is 0 Å². The van der Waals surface area contributed by atoms with Crippen LogP contribution in [0.1, 0.15) is 42.1 Å². The third-order valence-electron chi connectivity index (χ3n) is 5.97. The van der Waals surface area contributed by atoms with Crippen LogP contribution in [-0.4, -0.2) is 15.0 Å². The maximum Gasteiger partial charge on any atom is 0.253 e.